The number of rotatable bonds is 4. The Morgan fingerprint density at radius 2 is 1.95 bits per heavy atom. The largest absolute Gasteiger partial charge is 0.495 e. The molecule has 2 aromatic carbocycles. The van der Waals surface area contributed by atoms with Gasteiger partial charge in [-0.2, -0.15) is 0 Å². The fourth-order valence-electron chi connectivity index (χ4n) is 1.97. The van der Waals surface area contributed by atoms with Crippen molar-refractivity contribution in [3.05, 3.63) is 63.6 Å². The molecule has 0 heterocycles. The molecule has 2 rings (SSSR count). The fraction of sp³-hybridized carbons (Fsp3) is 0.118. The third kappa shape index (κ3) is 4.03. The number of benzene rings is 2. The van der Waals surface area contributed by atoms with Crippen molar-refractivity contribution in [3.8, 4) is 5.75 Å². The van der Waals surface area contributed by atoms with Crippen LogP contribution in [0.5, 0.6) is 5.75 Å². The standard InChI is InChI=1S/C17H15Cl2NO2/c1-11-5-3-4-6-15(11)20-16(21)8-7-12-9-13(18)10-14(19)17(12)22-2/h3-10H,1-2H3,(H,20,21). The van der Waals surface area contributed by atoms with Gasteiger partial charge in [0.1, 0.15) is 5.75 Å². The smallest absolute Gasteiger partial charge is 0.248 e. The monoisotopic (exact) mass is 335 g/mol. The molecule has 5 heteroatoms. The molecule has 0 saturated heterocycles. The second kappa shape index (κ2) is 7.34. The number of aryl methyl sites for hydroxylation is 1. The lowest BCUT2D eigenvalue weighted by molar-refractivity contribution is -0.111. The third-order valence-corrected chi connectivity index (χ3v) is 3.56. The third-order valence-electron chi connectivity index (χ3n) is 3.06. The first-order chi connectivity index (χ1) is 10.5. The number of carbonyl (C=O) groups excluding carboxylic acids is 1. The number of hydrogen-bond donors (Lipinski definition) is 1. The summed E-state index contributed by atoms with van der Waals surface area (Å²) in [4.78, 5) is 12.0. The zero-order chi connectivity index (χ0) is 16.1. The van der Waals surface area contributed by atoms with Crippen LogP contribution in [0.1, 0.15) is 11.1 Å². The van der Waals surface area contributed by atoms with Crippen LogP contribution in [0.3, 0.4) is 0 Å². The van der Waals surface area contributed by atoms with E-state index in [0.717, 1.165) is 11.3 Å². The number of carbonyl (C=O) groups is 1. The Hall–Kier alpha value is -1.97. The molecule has 0 aromatic heterocycles. The van der Waals surface area contributed by atoms with Crippen LogP contribution in [-0.4, -0.2) is 13.0 Å². The van der Waals surface area contributed by atoms with Gasteiger partial charge < -0.3 is 10.1 Å². The number of ether oxygens (including phenoxy) is 1. The van der Waals surface area contributed by atoms with Gasteiger partial charge in [0.25, 0.3) is 0 Å². The van der Waals surface area contributed by atoms with Crippen molar-refractivity contribution in [2.24, 2.45) is 0 Å². The predicted molar refractivity (Wildman–Crippen MR) is 91.9 cm³/mol. The van der Waals surface area contributed by atoms with Crippen molar-refractivity contribution in [1.29, 1.82) is 0 Å². The van der Waals surface area contributed by atoms with E-state index in [2.05, 4.69) is 5.32 Å². The summed E-state index contributed by atoms with van der Waals surface area (Å²) in [6.45, 7) is 1.93. The topological polar surface area (TPSA) is 38.3 Å². The zero-order valence-corrected chi connectivity index (χ0v) is 13.7. The summed E-state index contributed by atoms with van der Waals surface area (Å²) in [5.41, 5.74) is 2.40. The highest BCUT2D eigenvalue weighted by Crippen LogP contribution is 2.32. The van der Waals surface area contributed by atoms with Crippen molar-refractivity contribution in [1.82, 2.24) is 0 Å². The quantitative estimate of drug-likeness (QED) is 0.801. The molecule has 0 radical (unpaired) electrons. The maximum atomic E-state index is 12.0. The average molecular weight is 336 g/mol. The molecule has 1 amide bonds. The molecule has 2 aromatic rings. The average Bonchev–Trinajstić information content (AvgIpc) is 2.47. The van der Waals surface area contributed by atoms with E-state index in [-0.39, 0.29) is 5.91 Å². The minimum absolute atomic E-state index is 0.243. The van der Waals surface area contributed by atoms with Crippen LogP contribution in [0.25, 0.3) is 6.08 Å². The van der Waals surface area contributed by atoms with Gasteiger partial charge in [0.15, 0.2) is 0 Å². The molecule has 3 nitrogen and oxygen atoms in total. The Labute approximate surface area is 139 Å². The van der Waals surface area contributed by atoms with Crippen LogP contribution in [0.4, 0.5) is 5.69 Å². The number of anilines is 1. The molecule has 0 atom stereocenters. The Kier molecular flexibility index (Phi) is 5.47. The second-order valence-electron chi connectivity index (χ2n) is 4.65. The van der Waals surface area contributed by atoms with Crippen molar-refractivity contribution in [3.63, 3.8) is 0 Å². The molecule has 0 aliphatic carbocycles. The van der Waals surface area contributed by atoms with Gasteiger partial charge in [-0.3, -0.25) is 4.79 Å². The van der Waals surface area contributed by atoms with E-state index >= 15 is 0 Å². The summed E-state index contributed by atoms with van der Waals surface area (Å²) in [6.07, 6.45) is 3.03. The molecular weight excluding hydrogens is 321 g/mol. The first-order valence-electron chi connectivity index (χ1n) is 6.59. The summed E-state index contributed by atoms with van der Waals surface area (Å²) in [5.74, 6) is 0.235. The summed E-state index contributed by atoms with van der Waals surface area (Å²) in [7, 11) is 1.51. The van der Waals surface area contributed by atoms with Crippen LogP contribution < -0.4 is 10.1 Å². The Balaban J connectivity index is 2.18. The van der Waals surface area contributed by atoms with Crippen molar-refractivity contribution < 1.29 is 9.53 Å². The first kappa shape index (κ1) is 16.4. The summed E-state index contributed by atoms with van der Waals surface area (Å²) >= 11 is 12.0. The number of hydrogen-bond acceptors (Lipinski definition) is 2. The molecule has 0 bridgehead atoms. The molecule has 0 spiro atoms. The van der Waals surface area contributed by atoms with Gasteiger partial charge in [-0.05, 0) is 36.8 Å². The van der Waals surface area contributed by atoms with Gasteiger partial charge in [-0.15, -0.1) is 0 Å². The first-order valence-corrected chi connectivity index (χ1v) is 7.34. The van der Waals surface area contributed by atoms with E-state index < -0.39 is 0 Å². The van der Waals surface area contributed by atoms with Crippen molar-refractivity contribution >= 4 is 40.9 Å². The lowest BCUT2D eigenvalue weighted by Gasteiger charge is -2.08. The Morgan fingerprint density at radius 1 is 1.23 bits per heavy atom. The number of para-hydroxylation sites is 1. The summed E-state index contributed by atoms with van der Waals surface area (Å²) in [5, 5.41) is 3.69. The van der Waals surface area contributed by atoms with Gasteiger partial charge in [0, 0.05) is 22.3 Å². The minimum atomic E-state index is -0.243. The molecule has 0 aliphatic rings. The maximum absolute atomic E-state index is 12.0. The summed E-state index contributed by atoms with van der Waals surface area (Å²) < 4.78 is 5.23. The van der Waals surface area contributed by atoms with E-state index in [9.17, 15) is 4.79 Å². The highest BCUT2D eigenvalue weighted by molar-refractivity contribution is 6.36. The van der Waals surface area contributed by atoms with E-state index in [1.54, 1.807) is 18.2 Å². The number of halogens is 2. The van der Waals surface area contributed by atoms with Gasteiger partial charge in [-0.25, -0.2) is 0 Å². The van der Waals surface area contributed by atoms with Gasteiger partial charge in [0.05, 0.1) is 12.1 Å². The second-order valence-corrected chi connectivity index (χ2v) is 5.49. The Bertz CT molecular complexity index is 727. The predicted octanol–water partition coefficient (Wildman–Crippen LogP) is 4.96. The molecule has 22 heavy (non-hydrogen) atoms. The fourth-order valence-corrected chi connectivity index (χ4v) is 2.56. The number of methoxy groups -OCH3 is 1. The normalized spacial score (nSPS) is 10.7. The van der Waals surface area contributed by atoms with E-state index in [4.69, 9.17) is 27.9 Å². The van der Waals surface area contributed by atoms with E-state index in [1.165, 1.54) is 13.2 Å². The van der Waals surface area contributed by atoms with E-state index in [0.29, 0.717) is 21.4 Å². The molecule has 0 aliphatic heterocycles. The molecule has 1 N–H and O–H groups in total. The van der Waals surface area contributed by atoms with Gasteiger partial charge in [0.2, 0.25) is 5.91 Å². The highest BCUT2D eigenvalue weighted by Gasteiger charge is 2.08. The van der Waals surface area contributed by atoms with Crippen LogP contribution in [0.2, 0.25) is 10.0 Å². The van der Waals surface area contributed by atoms with Gasteiger partial charge in [-0.1, -0.05) is 41.4 Å². The molecule has 0 saturated carbocycles. The van der Waals surface area contributed by atoms with Crippen molar-refractivity contribution in [2.75, 3.05) is 12.4 Å². The van der Waals surface area contributed by atoms with Crippen LogP contribution in [-0.2, 0) is 4.79 Å². The number of nitrogens with one attached hydrogen (secondary N) is 1. The molecule has 0 fully saturated rings. The van der Waals surface area contributed by atoms with Crippen LogP contribution >= 0.6 is 23.2 Å². The van der Waals surface area contributed by atoms with Gasteiger partial charge >= 0.3 is 0 Å². The maximum Gasteiger partial charge on any atom is 0.248 e. The Morgan fingerprint density at radius 3 is 2.64 bits per heavy atom. The lowest BCUT2D eigenvalue weighted by Crippen LogP contribution is -2.08. The minimum Gasteiger partial charge on any atom is -0.495 e. The van der Waals surface area contributed by atoms with Crippen LogP contribution in [0.15, 0.2) is 42.5 Å². The number of amides is 1. The lowest BCUT2D eigenvalue weighted by atomic mass is 10.1. The highest BCUT2D eigenvalue weighted by atomic mass is 35.5. The van der Waals surface area contributed by atoms with Crippen LogP contribution in [0, 0.1) is 6.92 Å². The van der Waals surface area contributed by atoms with Crippen molar-refractivity contribution in [2.45, 2.75) is 6.92 Å². The van der Waals surface area contributed by atoms with E-state index in [1.807, 2.05) is 31.2 Å². The summed E-state index contributed by atoms with van der Waals surface area (Å²) in [6, 6.07) is 10.8. The SMILES string of the molecule is COc1c(Cl)cc(Cl)cc1C=CC(=O)Nc1ccccc1C. The molecular formula is C17H15Cl2NO2. The molecule has 0 unspecified atom stereocenters. The zero-order valence-electron chi connectivity index (χ0n) is 12.2. The molecule has 114 valence electrons.